The third kappa shape index (κ3) is 5.88. The van der Waals surface area contributed by atoms with Crippen LogP contribution in [-0.2, 0) is 16.0 Å². The van der Waals surface area contributed by atoms with Gasteiger partial charge in [-0.05, 0) is 55.5 Å². The van der Waals surface area contributed by atoms with Crippen molar-refractivity contribution in [2.24, 2.45) is 5.92 Å². The number of carbonyl (C=O) groups is 2. The number of rotatable bonds is 9. The fraction of sp³-hybridized carbons (Fsp3) is 0.323. The van der Waals surface area contributed by atoms with Gasteiger partial charge in [0.05, 0.1) is 17.6 Å². The maximum absolute atomic E-state index is 13.5. The number of ether oxygens (including phenoxy) is 2. The van der Waals surface area contributed by atoms with E-state index in [1.165, 1.54) is 12.1 Å². The summed E-state index contributed by atoms with van der Waals surface area (Å²) in [5.74, 6) is -1.20. The number of aromatic hydroxyl groups is 1. The molecule has 1 atom stereocenters. The fourth-order valence-corrected chi connectivity index (χ4v) is 4.50. The van der Waals surface area contributed by atoms with Crippen LogP contribution >= 0.6 is 0 Å². The van der Waals surface area contributed by atoms with Gasteiger partial charge in [-0.2, -0.15) is 0 Å². The van der Waals surface area contributed by atoms with E-state index < -0.39 is 23.0 Å². The number of hydrogen-bond donors (Lipinski definition) is 1. The van der Waals surface area contributed by atoms with Gasteiger partial charge >= 0.3 is 11.6 Å². The van der Waals surface area contributed by atoms with Gasteiger partial charge < -0.3 is 19.0 Å². The summed E-state index contributed by atoms with van der Waals surface area (Å²) in [6.45, 7) is 7.53. The van der Waals surface area contributed by atoms with Gasteiger partial charge in [-0.1, -0.05) is 50.6 Å². The molecule has 198 valence electrons. The quantitative estimate of drug-likeness (QED) is 0.159. The van der Waals surface area contributed by atoms with Gasteiger partial charge in [-0.25, -0.2) is 9.59 Å². The van der Waals surface area contributed by atoms with E-state index in [9.17, 15) is 19.5 Å². The van der Waals surface area contributed by atoms with Crippen molar-refractivity contribution in [2.45, 2.75) is 52.6 Å². The summed E-state index contributed by atoms with van der Waals surface area (Å²) in [6.07, 6.45) is 7.83. The minimum atomic E-state index is -0.648. The second-order valence-corrected chi connectivity index (χ2v) is 10.2. The lowest BCUT2D eigenvalue weighted by Crippen LogP contribution is -2.28. The van der Waals surface area contributed by atoms with Crippen molar-refractivity contribution in [1.29, 1.82) is 0 Å². The number of aryl methyl sites for hydroxylation is 1. The van der Waals surface area contributed by atoms with E-state index in [1.54, 1.807) is 25.2 Å². The minimum Gasteiger partial charge on any atom is -0.506 e. The van der Waals surface area contributed by atoms with Crippen LogP contribution in [0.5, 0.6) is 11.5 Å². The summed E-state index contributed by atoms with van der Waals surface area (Å²) in [7, 11) is 0. The lowest BCUT2D eigenvalue weighted by molar-refractivity contribution is -0.138. The zero-order valence-corrected chi connectivity index (χ0v) is 22.1. The van der Waals surface area contributed by atoms with E-state index in [4.69, 9.17) is 13.9 Å². The van der Waals surface area contributed by atoms with E-state index in [1.807, 2.05) is 51.1 Å². The van der Waals surface area contributed by atoms with Crippen LogP contribution in [0.15, 0.2) is 57.8 Å². The Bertz CT molecular complexity index is 1480. The number of carbonyl (C=O) groups excluding carboxylic acids is 2. The monoisotopic (exact) mass is 516 g/mol. The van der Waals surface area contributed by atoms with Gasteiger partial charge in [-0.3, -0.25) is 4.79 Å². The number of phenols is 1. The highest BCUT2D eigenvalue weighted by Crippen LogP contribution is 2.46. The number of Topliss-reactive ketones (excluding diaryl/α,β-unsaturated/α-hetero) is 1. The van der Waals surface area contributed by atoms with Crippen molar-refractivity contribution >= 4 is 34.9 Å². The van der Waals surface area contributed by atoms with E-state index in [0.717, 1.165) is 12.0 Å². The largest absolute Gasteiger partial charge is 0.506 e. The predicted octanol–water partition coefficient (Wildman–Crippen LogP) is 6.10. The standard InChI is InChI=1S/C31H32O7/c1-5-9-21-17-25(34)37-30-26(21)29-22(14-15-31(3,4)38-29)28(35)27(30)23(32)16-19(2)18-36-24(33)13-12-20-10-7-6-8-11-20/h6-8,10-15,17,19,35H,5,9,16,18H2,1-4H3/b13-12+. The summed E-state index contributed by atoms with van der Waals surface area (Å²) in [5, 5.41) is 11.7. The Morgan fingerprint density at radius 3 is 2.63 bits per heavy atom. The number of ketones is 1. The first-order chi connectivity index (χ1) is 18.1. The second kappa shape index (κ2) is 11.1. The Balaban J connectivity index is 1.62. The van der Waals surface area contributed by atoms with Crippen molar-refractivity contribution in [3.63, 3.8) is 0 Å². The SMILES string of the molecule is CCCc1cc(=O)oc2c(C(=O)CC(C)COC(=O)/C=C/c3ccccc3)c(O)c3c(c12)OC(C)(C)C=C3. The van der Waals surface area contributed by atoms with Crippen molar-refractivity contribution in [3.05, 3.63) is 81.2 Å². The molecule has 1 aliphatic rings. The number of benzene rings is 2. The first-order valence-electron chi connectivity index (χ1n) is 12.8. The molecule has 0 radical (unpaired) electrons. The van der Waals surface area contributed by atoms with Crippen LogP contribution in [0.25, 0.3) is 23.1 Å². The molecular weight excluding hydrogens is 484 g/mol. The predicted molar refractivity (Wildman–Crippen MR) is 146 cm³/mol. The van der Waals surface area contributed by atoms with E-state index in [2.05, 4.69) is 0 Å². The average Bonchev–Trinajstić information content (AvgIpc) is 2.86. The fourth-order valence-electron chi connectivity index (χ4n) is 4.50. The Labute approximate surface area is 221 Å². The molecule has 1 aliphatic heterocycles. The molecule has 38 heavy (non-hydrogen) atoms. The molecule has 1 aromatic heterocycles. The van der Waals surface area contributed by atoms with Crippen LogP contribution in [0.2, 0.25) is 0 Å². The van der Waals surface area contributed by atoms with Crippen LogP contribution in [-0.4, -0.2) is 29.1 Å². The highest BCUT2D eigenvalue weighted by Gasteiger charge is 2.32. The van der Waals surface area contributed by atoms with Crippen LogP contribution in [0.3, 0.4) is 0 Å². The van der Waals surface area contributed by atoms with Crippen LogP contribution in [0.4, 0.5) is 0 Å². The normalized spacial score (nSPS) is 14.7. The highest BCUT2D eigenvalue weighted by molar-refractivity contribution is 6.12. The Hall–Kier alpha value is -4.13. The Morgan fingerprint density at radius 1 is 1.18 bits per heavy atom. The molecule has 3 aromatic rings. The van der Waals surface area contributed by atoms with Gasteiger partial charge in [0, 0.05) is 18.6 Å². The zero-order chi connectivity index (χ0) is 27.4. The lowest BCUT2D eigenvalue weighted by Gasteiger charge is -2.30. The van der Waals surface area contributed by atoms with Gasteiger partial charge in [0.25, 0.3) is 0 Å². The molecule has 2 heterocycles. The summed E-state index contributed by atoms with van der Waals surface area (Å²) in [4.78, 5) is 38.1. The van der Waals surface area contributed by atoms with Crippen LogP contribution in [0.1, 0.15) is 67.6 Å². The second-order valence-electron chi connectivity index (χ2n) is 10.2. The smallest absolute Gasteiger partial charge is 0.336 e. The summed E-state index contributed by atoms with van der Waals surface area (Å²) in [5.41, 5.74) is 0.635. The van der Waals surface area contributed by atoms with Crippen molar-refractivity contribution in [3.8, 4) is 11.5 Å². The maximum atomic E-state index is 13.5. The molecule has 0 spiro atoms. The third-order valence-electron chi connectivity index (χ3n) is 6.30. The molecule has 2 aromatic carbocycles. The van der Waals surface area contributed by atoms with Crippen molar-refractivity contribution in [2.75, 3.05) is 6.61 Å². The highest BCUT2D eigenvalue weighted by atomic mass is 16.5. The minimum absolute atomic E-state index is 0.00950. The van der Waals surface area contributed by atoms with Crippen molar-refractivity contribution < 1.29 is 28.6 Å². The van der Waals surface area contributed by atoms with Gasteiger partial charge in [-0.15, -0.1) is 0 Å². The molecule has 0 fully saturated rings. The van der Waals surface area contributed by atoms with E-state index >= 15 is 0 Å². The number of esters is 1. The van der Waals surface area contributed by atoms with E-state index in [0.29, 0.717) is 28.7 Å². The summed E-state index contributed by atoms with van der Waals surface area (Å²) < 4.78 is 17.0. The van der Waals surface area contributed by atoms with Gasteiger partial charge in [0.15, 0.2) is 11.4 Å². The van der Waals surface area contributed by atoms with Gasteiger partial charge in [0.1, 0.15) is 22.7 Å². The first-order valence-corrected chi connectivity index (χ1v) is 12.8. The summed E-state index contributed by atoms with van der Waals surface area (Å²) >= 11 is 0. The molecule has 0 aliphatic carbocycles. The van der Waals surface area contributed by atoms with Crippen LogP contribution in [0, 0.1) is 5.92 Å². The molecule has 7 heteroatoms. The number of phenolic OH excluding ortho intramolecular Hbond substituents is 1. The topological polar surface area (TPSA) is 103 Å². The van der Waals surface area contributed by atoms with Crippen molar-refractivity contribution in [1.82, 2.24) is 0 Å². The molecular formula is C31H32O7. The molecule has 7 nitrogen and oxygen atoms in total. The first kappa shape index (κ1) is 26.9. The molecule has 4 rings (SSSR count). The third-order valence-corrected chi connectivity index (χ3v) is 6.30. The maximum Gasteiger partial charge on any atom is 0.336 e. The lowest BCUT2D eigenvalue weighted by atomic mass is 9.90. The zero-order valence-electron chi connectivity index (χ0n) is 22.1. The molecule has 0 bridgehead atoms. The van der Waals surface area contributed by atoms with E-state index in [-0.39, 0.29) is 35.8 Å². The number of hydrogen-bond acceptors (Lipinski definition) is 7. The molecule has 0 saturated heterocycles. The van der Waals surface area contributed by atoms with Gasteiger partial charge in [0.2, 0.25) is 0 Å². The molecule has 0 amide bonds. The Kier molecular flexibility index (Phi) is 7.86. The number of fused-ring (bicyclic) bond motifs is 3. The summed E-state index contributed by atoms with van der Waals surface area (Å²) in [6, 6.07) is 10.8. The molecule has 0 saturated carbocycles. The molecule has 1 unspecified atom stereocenters. The molecule has 1 N–H and O–H groups in total. The van der Waals surface area contributed by atoms with Crippen LogP contribution < -0.4 is 10.4 Å². The Morgan fingerprint density at radius 2 is 1.92 bits per heavy atom. The average molecular weight is 517 g/mol.